The van der Waals surface area contributed by atoms with Gasteiger partial charge in [-0.25, -0.2) is 0 Å². The lowest BCUT2D eigenvalue weighted by molar-refractivity contribution is 0.100. The zero-order valence-corrected chi connectivity index (χ0v) is 9.97. The summed E-state index contributed by atoms with van der Waals surface area (Å²) >= 11 is 0. The normalized spacial score (nSPS) is 10.3. The molecule has 1 amide bonds. The number of primary amides is 1. The van der Waals surface area contributed by atoms with Gasteiger partial charge in [-0.15, -0.1) is 0 Å². The Morgan fingerprint density at radius 3 is 2.61 bits per heavy atom. The Morgan fingerprint density at radius 2 is 1.89 bits per heavy atom. The van der Waals surface area contributed by atoms with E-state index in [-0.39, 0.29) is 6.61 Å². The van der Waals surface area contributed by atoms with Gasteiger partial charge in [-0.05, 0) is 29.2 Å². The molecule has 2 rings (SSSR count). The van der Waals surface area contributed by atoms with Crippen molar-refractivity contribution in [1.29, 1.82) is 0 Å². The number of amides is 1. The molecule has 0 radical (unpaired) electrons. The quantitative estimate of drug-likeness (QED) is 0.859. The molecular formula is C15H15NO2. The summed E-state index contributed by atoms with van der Waals surface area (Å²) in [6.45, 7) is 0.112. The van der Waals surface area contributed by atoms with Gasteiger partial charge in [0, 0.05) is 12.2 Å². The molecule has 0 aromatic heterocycles. The molecule has 18 heavy (non-hydrogen) atoms. The lowest BCUT2D eigenvalue weighted by Crippen LogP contribution is -2.12. The Bertz CT molecular complexity index is 564. The summed E-state index contributed by atoms with van der Waals surface area (Å²) in [5.41, 5.74) is 8.68. The van der Waals surface area contributed by atoms with Crippen molar-refractivity contribution < 1.29 is 9.90 Å². The maximum Gasteiger partial charge on any atom is 0.249 e. The van der Waals surface area contributed by atoms with Crippen LogP contribution in [-0.4, -0.2) is 17.6 Å². The first-order chi connectivity index (χ1) is 8.72. The molecule has 3 nitrogen and oxygen atoms in total. The summed E-state index contributed by atoms with van der Waals surface area (Å²) < 4.78 is 0. The first kappa shape index (κ1) is 12.3. The molecule has 3 N–H and O–H groups in total. The molecule has 0 atom stereocenters. The highest BCUT2D eigenvalue weighted by Gasteiger charge is 2.09. The minimum Gasteiger partial charge on any atom is -0.396 e. The highest BCUT2D eigenvalue weighted by atomic mass is 16.2. The molecule has 0 aliphatic rings. The maximum absolute atomic E-state index is 11.4. The van der Waals surface area contributed by atoms with Gasteiger partial charge >= 0.3 is 0 Å². The minimum atomic E-state index is -0.432. The van der Waals surface area contributed by atoms with Crippen LogP contribution >= 0.6 is 0 Å². The maximum atomic E-state index is 11.4. The predicted molar refractivity (Wildman–Crippen MR) is 71.2 cm³/mol. The van der Waals surface area contributed by atoms with Crippen molar-refractivity contribution in [3.8, 4) is 11.1 Å². The molecular weight excluding hydrogens is 226 g/mol. The van der Waals surface area contributed by atoms with E-state index in [0.29, 0.717) is 12.0 Å². The fourth-order valence-electron chi connectivity index (χ4n) is 1.97. The topological polar surface area (TPSA) is 63.3 Å². The molecule has 2 aromatic carbocycles. The van der Waals surface area contributed by atoms with E-state index < -0.39 is 5.91 Å². The number of aliphatic hydroxyl groups is 1. The molecule has 0 saturated heterocycles. The average molecular weight is 241 g/mol. The SMILES string of the molecule is NC(=O)c1ccccc1-c1cccc(CCO)c1. The van der Waals surface area contributed by atoms with Crippen LogP contribution in [0.3, 0.4) is 0 Å². The summed E-state index contributed by atoms with van der Waals surface area (Å²) in [6.07, 6.45) is 0.604. The zero-order valence-electron chi connectivity index (χ0n) is 9.97. The molecule has 0 heterocycles. The molecule has 0 unspecified atom stereocenters. The van der Waals surface area contributed by atoms with E-state index >= 15 is 0 Å². The second kappa shape index (κ2) is 5.47. The van der Waals surface area contributed by atoms with Gasteiger partial charge in [0.25, 0.3) is 0 Å². The molecule has 0 bridgehead atoms. The summed E-state index contributed by atoms with van der Waals surface area (Å²) in [4.78, 5) is 11.4. The molecule has 2 aromatic rings. The third kappa shape index (κ3) is 2.57. The fraction of sp³-hybridized carbons (Fsp3) is 0.133. The Balaban J connectivity index is 2.48. The minimum absolute atomic E-state index is 0.112. The molecule has 0 spiro atoms. The number of hydrogen-bond donors (Lipinski definition) is 2. The Kier molecular flexibility index (Phi) is 3.75. The van der Waals surface area contributed by atoms with Crippen LogP contribution in [0.1, 0.15) is 15.9 Å². The van der Waals surface area contributed by atoms with E-state index in [1.165, 1.54) is 0 Å². The average Bonchev–Trinajstić information content (AvgIpc) is 2.39. The van der Waals surface area contributed by atoms with E-state index in [2.05, 4.69) is 0 Å². The van der Waals surface area contributed by atoms with E-state index in [1.54, 1.807) is 12.1 Å². The molecule has 92 valence electrons. The van der Waals surface area contributed by atoms with Crippen molar-refractivity contribution in [2.24, 2.45) is 5.73 Å². The van der Waals surface area contributed by atoms with Gasteiger partial charge in [0.05, 0.1) is 0 Å². The number of hydrogen-bond acceptors (Lipinski definition) is 2. The van der Waals surface area contributed by atoms with Crippen LogP contribution in [0.4, 0.5) is 0 Å². The Hall–Kier alpha value is -2.13. The second-order valence-corrected chi connectivity index (χ2v) is 4.08. The first-order valence-electron chi connectivity index (χ1n) is 5.81. The van der Waals surface area contributed by atoms with Crippen LogP contribution in [0.5, 0.6) is 0 Å². The van der Waals surface area contributed by atoms with Crippen molar-refractivity contribution in [3.63, 3.8) is 0 Å². The number of carbonyl (C=O) groups excluding carboxylic acids is 1. The third-order valence-electron chi connectivity index (χ3n) is 2.83. The summed E-state index contributed by atoms with van der Waals surface area (Å²) in [5.74, 6) is -0.432. The van der Waals surface area contributed by atoms with Crippen molar-refractivity contribution in [3.05, 3.63) is 59.7 Å². The lowest BCUT2D eigenvalue weighted by Gasteiger charge is -2.08. The number of nitrogens with two attached hydrogens (primary N) is 1. The smallest absolute Gasteiger partial charge is 0.249 e. The summed E-state index contributed by atoms with van der Waals surface area (Å²) in [6, 6.07) is 15.0. The number of carbonyl (C=O) groups is 1. The number of aliphatic hydroxyl groups excluding tert-OH is 1. The van der Waals surface area contributed by atoms with Gasteiger partial charge in [0.1, 0.15) is 0 Å². The molecule has 3 heteroatoms. The fourth-order valence-corrected chi connectivity index (χ4v) is 1.97. The molecule has 0 aliphatic carbocycles. The lowest BCUT2D eigenvalue weighted by atomic mass is 9.97. The van der Waals surface area contributed by atoms with Crippen LogP contribution in [0.15, 0.2) is 48.5 Å². The van der Waals surface area contributed by atoms with Crippen LogP contribution in [0.25, 0.3) is 11.1 Å². The third-order valence-corrected chi connectivity index (χ3v) is 2.83. The number of rotatable bonds is 4. The van der Waals surface area contributed by atoms with Crippen LogP contribution in [0.2, 0.25) is 0 Å². The largest absolute Gasteiger partial charge is 0.396 e. The van der Waals surface area contributed by atoms with Gasteiger partial charge in [-0.1, -0.05) is 42.5 Å². The summed E-state index contributed by atoms with van der Waals surface area (Å²) in [5, 5.41) is 8.95. The summed E-state index contributed by atoms with van der Waals surface area (Å²) in [7, 11) is 0. The molecule has 0 aliphatic heterocycles. The van der Waals surface area contributed by atoms with E-state index in [4.69, 9.17) is 10.8 Å². The standard InChI is InChI=1S/C15H15NO2/c16-15(18)14-7-2-1-6-13(14)12-5-3-4-11(10-12)8-9-17/h1-7,10,17H,8-9H2,(H2,16,18). The van der Waals surface area contributed by atoms with Gasteiger partial charge in [-0.3, -0.25) is 4.79 Å². The Labute approximate surface area is 106 Å². The van der Waals surface area contributed by atoms with Crippen molar-refractivity contribution in [2.45, 2.75) is 6.42 Å². The van der Waals surface area contributed by atoms with E-state index in [1.807, 2.05) is 36.4 Å². The van der Waals surface area contributed by atoms with Crippen LogP contribution < -0.4 is 5.73 Å². The highest BCUT2D eigenvalue weighted by Crippen LogP contribution is 2.24. The van der Waals surface area contributed by atoms with E-state index in [9.17, 15) is 4.79 Å². The molecule has 0 saturated carbocycles. The van der Waals surface area contributed by atoms with Crippen LogP contribution in [0, 0.1) is 0 Å². The highest BCUT2D eigenvalue weighted by molar-refractivity contribution is 5.99. The van der Waals surface area contributed by atoms with Gasteiger partial charge in [0.2, 0.25) is 5.91 Å². The molecule has 0 fully saturated rings. The van der Waals surface area contributed by atoms with Crippen molar-refractivity contribution in [2.75, 3.05) is 6.61 Å². The second-order valence-electron chi connectivity index (χ2n) is 4.08. The van der Waals surface area contributed by atoms with Gasteiger partial charge in [0.15, 0.2) is 0 Å². The van der Waals surface area contributed by atoms with Crippen molar-refractivity contribution in [1.82, 2.24) is 0 Å². The van der Waals surface area contributed by atoms with Crippen LogP contribution in [-0.2, 0) is 6.42 Å². The zero-order chi connectivity index (χ0) is 13.0. The predicted octanol–water partition coefficient (Wildman–Crippen LogP) is 1.99. The first-order valence-corrected chi connectivity index (χ1v) is 5.81. The Morgan fingerprint density at radius 1 is 1.11 bits per heavy atom. The van der Waals surface area contributed by atoms with E-state index in [0.717, 1.165) is 16.7 Å². The van der Waals surface area contributed by atoms with Gasteiger partial charge in [-0.2, -0.15) is 0 Å². The van der Waals surface area contributed by atoms with Gasteiger partial charge < -0.3 is 10.8 Å². The number of benzene rings is 2. The monoisotopic (exact) mass is 241 g/mol. The van der Waals surface area contributed by atoms with Crippen molar-refractivity contribution >= 4 is 5.91 Å².